The normalized spacial score (nSPS) is 11.5. The fourth-order valence-corrected chi connectivity index (χ4v) is 0.312. The standard InChI is InChI=1S/C5H8N2O/c1-5(2-3-6)7-4-8/h4-5H,2H2,1H3,(H,7,8). The van der Waals surface area contributed by atoms with E-state index in [1.54, 1.807) is 6.92 Å². The highest BCUT2D eigenvalue weighted by Gasteiger charge is 1.94. The number of nitrogens with zero attached hydrogens (tertiary/aromatic N) is 1. The number of carbonyl (C=O) groups excluding carboxylic acids is 1. The maximum atomic E-state index is 9.67. The average molecular weight is 112 g/mol. The SMILES string of the molecule is CC(CC#N)NC=O. The van der Waals surface area contributed by atoms with Crippen LogP contribution in [0, 0.1) is 11.3 Å². The minimum absolute atomic E-state index is 0.0162. The van der Waals surface area contributed by atoms with E-state index in [9.17, 15) is 4.79 Å². The molecule has 1 unspecified atom stereocenters. The molecule has 0 aliphatic carbocycles. The molecule has 3 heteroatoms. The second-order valence-corrected chi connectivity index (χ2v) is 1.55. The average Bonchev–Trinajstić information content (AvgIpc) is 1.68. The Labute approximate surface area is 48.3 Å². The summed E-state index contributed by atoms with van der Waals surface area (Å²) in [4.78, 5) is 9.67. The first-order valence-corrected chi connectivity index (χ1v) is 2.38. The van der Waals surface area contributed by atoms with Crippen LogP contribution >= 0.6 is 0 Å². The quantitative estimate of drug-likeness (QED) is 0.524. The summed E-state index contributed by atoms with van der Waals surface area (Å²) in [5.74, 6) is 0. The Morgan fingerprint density at radius 3 is 3.00 bits per heavy atom. The molecule has 0 spiro atoms. The van der Waals surface area contributed by atoms with E-state index >= 15 is 0 Å². The van der Waals surface area contributed by atoms with Gasteiger partial charge in [-0.25, -0.2) is 0 Å². The lowest BCUT2D eigenvalue weighted by atomic mass is 10.3. The molecule has 1 N–H and O–H groups in total. The Morgan fingerprint density at radius 2 is 2.62 bits per heavy atom. The first-order chi connectivity index (χ1) is 3.81. The van der Waals surface area contributed by atoms with Crippen molar-refractivity contribution in [1.29, 1.82) is 5.26 Å². The number of nitriles is 1. The molecule has 0 bridgehead atoms. The molecule has 0 aliphatic heterocycles. The molecular weight excluding hydrogens is 104 g/mol. The summed E-state index contributed by atoms with van der Waals surface area (Å²) in [5.41, 5.74) is 0. The molecule has 1 amide bonds. The highest BCUT2D eigenvalue weighted by molar-refractivity contribution is 5.46. The molecule has 0 saturated carbocycles. The topological polar surface area (TPSA) is 52.9 Å². The van der Waals surface area contributed by atoms with Gasteiger partial charge in [-0.3, -0.25) is 4.79 Å². The molecule has 0 heterocycles. The Morgan fingerprint density at radius 1 is 2.00 bits per heavy atom. The minimum Gasteiger partial charge on any atom is -0.355 e. The maximum absolute atomic E-state index is 9.67. The van der Waals surface area contributed by atoms with Crippen molar-refractivity contribution in [2.24, 2.45) is 0 Å². The minimum atomic E-state index is -0.0162. The van der Waals surface area contributed by atoms with E-state index in [0.29, 0.717) is 12.8 Å². The summed E-state index contributed by atoms with van der Waals surface area (Å²) in [6.45, 7) is 1.78. The summed E-state index contributed by atoms with van der Waals surface area (Å²) in [5, 5.41) is 10.5. The summed E-state index contributed by atoms with van der Waals surface area (Å²) in [6, 6.07) is 1.91. The molecule has 0 aromatic heterocycles. The van der Waals surface area contributed by atoms with Crippen LogP contribution in [0.2, 0.25) is 0 Å². The number of hydrogen-bond acceptors (Lipinski definition) is 2. The zero-order valence-electron chi connectivity index (χ0n) is 4.72. The maximum Gasteiger partial charge on any atom is 0.207 e. The molecule has 0 aliphatic rings. The van der Waals surface area contributed by atoms with Crippen molar-refractivity contribution in [2.75, 3.05) is 0 Å². The summed E-state index contributed by atoms with van der Waals surface area (Å²) in [6.07, 6.45) is 0.973. The second kappa shape index (κ2) is 4.13. The van der Waals surface area contributed by atoms with E-state index in [1.807, 2.05) is 6.07 Å². The van der Waals surface area contributed by atoms with E-state index in [1.165, 1.54) is 0 Å². The number of hydrogen-bond donors (Lipinski definition) is 1. The summed E-state index contributed by atoms with van der Waals surface area (Å²) in [7, 11) is 0. The van der Waals surface area contributed by atoms with Crippen LogP contribution in [0.4, 0.5) is 0 Å². The van der Waals surface area contributed by atoms with Gasteiger partial charge in [0.15, 0.2) is 0 Å². The predicted molar refractivity (Wildman–Crippen MR) is 28.9 cm³/mol. The van der Waals surface area contributed by atoms with Gasteiger partial charge in [-0.05, 0) is 6.92 Å². The monoisotopic (exact) mass is 112 g/mol. The van der Waals surface area contributed by atoms with Crippen molar-refractivity contribution in [2.45, 2.75) is 19.4 Å². The van der Waals surface area contributed by atoms with E-state index < -0.39 is 0 Å². The lowest BCUT2D eigenvalue weighted by molar-refractivity contribution is -0.110. The summed E-state index contributed by atoms with van der Waals surface area (Å²) >= 11 is 0. The van der Waals surface area contributed by atoms with Crippen molar-refractivity contribution >= 4 is 6.41 Å². The van der Waals surface area contributed by atoms with E-state index in [2.05, 4.69) is 5.32 Å². The lowest BCUT2D eigenvalue weighted by Crippen LogP contribution is -2.23. The van der Waals surface area contributed by atoms with Gasteiger partial charge in [-0.2, -0.15) is 5.26 Å². The molecular formula is C5H8N2O. The fraction of sp³-hybridized carbons (Fsp3) is 0.600. The van der Waals surface area contributed by atoms with Gasteiger partial charge in [0.2, 0.25) is 6.41 Å². The molecule has 0 aromatic carbocycles. The molecule has 8 heavy (non-hydrogen) atoms. The number of amides is 1. The van der Waals surface area contributed by atoms with Gasteiger partial charge >= 0.3 is 0 Å². The molecule has 0 radical (unpaired) electrons. The van der Waals surface area contributed by atoms with Gasteiger partial charge in [0.25, 0.3) is 0 Å². The second-order valence-electron chi connectivity index (χ2n) is 1.55. The molecule has 1 atom stereocenters. The smallest absolute Gasteiger partial charge is 0.207 e. The molecule has 3 nitrogen and oxygen atoms in total. The van der Waals surface area contributed by atoms with Crippen LogP contribution in [-0.4, -0.2) is 12.5 Å². The van der Waals surface area contributed by atoms with E-state index in [4.69, 9.17) is 5.26 Å². The Balaban J connectivity index is 3.20. The van der Waals surface area contributed by atoms with Gasteiger partial charge in [0.05, 0.1) is 12.5 Å². The Bertz CT molecular complexity index is 105. The van der Waals surface area contributed by atoms with E-state index in [0.717, 1.165) is 0 Å². The Hall–Kier alpha value is -1.04. The predicted octanol–water partition coefficient (Wildman–Crippen LogP) is 0.0346. The lowest BCUT2D eigenvalue weighted by Gasteiger charge is -2.01. The zero-order valence-corrected chi connectivity index (χ0v) is 4.72. The van der Waals surface area contributed by atoms with Gasteiger partial charge in [0, 0.05) is 6.04 Å². The van der Waals surface area contributed by atoms with Crippen LogP contribution in [0.1, 0.15) is 13.3 Å². The highest BCUT2D eigenvalue weighted by Crippen LogP contribution is 1.83. The third-order valence-corrected chi connectivity index (χ3v) is 0.750. The van der Waals surface area contributed by atoms with Crippen molar-refractivity contribution in [3.63, 3.8) is 0 Å². The fourth-order valence-electron chi connectivity index (χ4n) is 0.312. The molecule has 0 fully saturated rings. The van der Waals surface area contributed by atoms with Crippen LogP contribution in [0.15, 0.2) is 0 Å². The van der Waals surface area contributed by atoms with E-state index in [-0.39, 0.29) is 6.04 Å². The van der Waals surface area contributed by atoms with Gasteiger partial charge in [-0.1, -0.05) is 0 Å². The number of nitrogens with one attached hydrogen (secondary N) is 1. The number of carbonyl (C=O) groups is 1. The molecule has 0 rings (SSSR count). The third-order valence-electron chi connectivity index (χ3n) is 0.750. The first kappa shape index (κ1) is 6.96. The third kappa shape index (κ3) is 3.16. The van der Waals surface area contributed by atoms with Crippen molar-refractivity contribution in [3.8, 4) is 6.07 Å². The molecule has 44 valence electrons. The van der Waals surface area contributed by atoms with Crippen molar-refractivity contribution in [3.05, 3.63) is 0 Å². The molecule has 0 saturated heterocycles. The van der Waals surface area contributed by atoms with Crippen LogP contribution < -0.4 is 5.32 Å². The van der Waals surface area contributed by atoms with Crippen LogP contribution in [0.3, 0.4) is 0 Å². The summed E-state index contributed by atoms with van der Waals surface area (Å²) < 4.78 is 0. The van der Waals surface area contributed by atoms with Crippen LogP contribution in [0.5, 0.6) is 0 Å². The van der Waals surface area contributed by atoms with Crippen LogP contribution in [0.25, 0.3) is 0 Å². The Kier molecular flexibility index (Phi) is 3.59. The number of rotatable bonds is 3. The zero-order chi connectivity index (χ0) is 6.41. The van der Waals surface area contributed by atoms with Gasteiger partial charge < -0.3 is 5.32 Å². The molecule has 0 aromatic rings. The largest absolute Gasteiger partial charge is 0.355 e. The van der Waals surface area contributed by atoms with Crippen molar-refractivity contribution in [1.82, 2.24) is 5.32 Å². The van der Waals surface area contributed by atoms with Crippen molar-refractivity contribution < 1.29 is 4.79 Å². The van der Waals surface area contributed by atoms with Crippen LogP contribution in [-0.2, 0) is 4.79 Å². The highest BCUT2D eigenvalue weighted by atomic mass is 16.1. The van der Waals surface area contributed by atoms with Gasteiger partial charge in [-0.15, -0.1) is 0 Å². The van der Waals surface area contributed by atoms with Gasteiger partial charge in [0.1, 0.15) is 0 Å². The first-order valence-electron chi connectivity index (χ1n) is 2.38.